The number of rotatable bonds is 6. The number of hydrogen-bond acceptors (Lipinski definition) is 3. The van der Waals surface area contributed by atoms with Crippen molar-refractivity contribution in [3.05, 3.63) is 34.2 Å². The van der Waals surface area contributed by atoms with Crippen LogP contribution in [0.2, 0.25) is 0 Å². The molecule has 0 aliphatic rings. The van der Waals surface area contributed by atoms with E-state index in [9.17, 15) is 14.4 Å². The average Bonchev–Trinajstić information content (AvgIpc) is 2.36. The molecule has 0 bridgehead atoms. The van der Waals surface area contributed by atoms with E-state index in [1.165, 1.54) is 22.9 Å². The van der Waals surface area contributed by atoms with Crippen LogP contribution in [0.3, 0.4) is 0 Å². The number of nitrogens with zero attached hydrogens (tertiary/aromatic N) is 1. The lowest BCUT2D eigenvalue weighted by Gasteiger charge is -2.15. The fourth-order valence-electron chi connectivity index (χ4n) is 1.89. The molecule has 0 saturated carbocycles. The van der Waals surface area contributed by atoms with Crippen molar-refractivity contribution in [2.45, 2.75) is 20.3 Å². The number of carbonyl (C=O) groups is 2. The van der Waals surface area contributed by atoms with E-state index < -0.39 is 11.9 Å². The highest BCUT2D eigenvalue weighted by molar-refractivity contribution is 5.94. The normalized spacial score (nSPS) is 12.2. The van der Waals surface area contributed by atoms with Gasteiger partial charge in [-0.15, -0.1) is 0 Å². The van der Waals surface area contributed by atoms with Gasteiger partial charge >= 0.3 is 5.97 Å². The molecule has 6 nitrogen and oxygen atoms in total. The largest absolute Gasteiger partial charge is 0.481 e. The number of nitrogens with one attached hydrogen (secondary N) is 1. The number of carboxylic acids is 1. The number of aliphatic carboxylic acids is 1. The minimum Gasteiger partial charge on any atom is -0.481 e. The number of amides is 1. The minimum atomic E-state index is -0.917. The van der Waals surface area contributed by atoms with Crippen LogP contribution < -0.4 is 10.9 Å². The van der Waals surface area contributed by atoms with Crippen LogP contribution in [0.25, 0.3) is 0 Å². The van der Waals surface area contributed by atoms with Gasteiger partial charge in [-0.1, -0.05) is 13.8 Å². The van der Waals surface area contributed by atoms with Crippen molar-refractivity contribution in [1.29, 1.82) is 0 Å². The second kappa shape index (κ2) is 6.88. The van der Waals surface area contributed by atoms with Crippen molar-refractivity contribution in [3.8, 4) is 0 Å². The highest BCUT2D eigenvalue weighted by atomic mass is 16.4. The maximum atomic E-state index is 11.9. The lowest BCUT2D eigenvalue weighted by Crippen LogP contribution is -2.34. The Labute approximate surface area is 117 Å². The van der Waals surface area contributed by atoms with Crippen LogP contribution in [0.4, 0.5) is 0 Å². The number of aromatic nitrogens is 1. The smallest absolute Gasteiger partial charge is 0.308 e. The first-order valence-electron chi connectivity index (χ1n) is 6.49. The van der Waals surface area contributed by atoms with Crippen LogP contribution in [0.1, 0.15) is 30.6 Å². The Morgan fingerprint density at radius 2 is 2.00 bits per heavy atom. The molecule has 1 amide bonds. The molecule has 1 aromatic rings. The van der Waals surface area contributed by atoms with E-state index in [4.69, 9.17) is 5.11 Å². The zero-order valence-electron chi connectivity index (χ0n) is 11.9. The lowest BCUT2D eigenvalue weighted by atomic mass is 9.97. The highest BCUT2D eigenvalue weighted by Gasteiger charge is 2.20. The SMILES string of the molecule is CC(C)CC(CNC(=O)c1ccc(=O)n(C)c1)C(=O)O. The summed E-state index contributed by atoms with van der Waals surface area (Å²) in [5.41, 5.74) is 0.130. The van der Waals surface area contributed by atoms with E-state index in [-0.39, 0.29) is 23.9 Å². The summed E-state index contributed by atoms with van der Waals surface area (Å²) in [5, 5.41) is 11.7. The van der Waals surface area contributed by atoms with Crippen LogP contribution in [0, 0.1) is 11.8 Å². The predicted molar refractivity (Wildman–Crippen MR) is 74.6 cm³/mol. The number of carboxylic acid groups (broad SMARTS) is 1. The predicted octanol–water partition coefficient (Wildman–Crippen LogP) is 0.862. The minimum absolute atomic E-state index is 0.0786. The molecule has 0 radical (unpaired) electrons. The Balaban J connectivity index is 2.67. The van der Waals surface area contributed by atoms with Crippen LogP contribution in [-0.2, 0) is 11.8 Å². The molecule has 6 heteroatoms. The van der Waals surface area contributed by atoms with E-state index in [0.717, 1.165) is 0 Å². The van der Waals surface area contributed by atoms with Crippen molar-refractivity contribution in [2.24, 2.45) is 18.9 Å². The molecule has 0 aliphatic heterocycles. The summed E-state index contributed by atoms with van der Waals surface area (Å²) in [4.78, 5) is 34.2. The molecule has 1 atom stereocenters. The van der Waals surface area contributed by atoms with E-state index in [1.807, 2.05) is 13.8 Å². The molecule has 0 aliphatic carbocycles. The number of hydrogen-bond donors (Lipinski definition) is 2. The van der Waals surface area contributed by atoms with Gasteiger partial charge in [0.1, 0.15) is 0 Å². The average molecular weight is 280 g/mol. The number of aryl methyl sites for hydroxylation is 1. The van der Waals surface area contributed by atoms with Crippen molar-refractivity contribution < 1.29 is 14.7 Å². The molecule has 1 aromatic heterocycles. The Bertz CT molecular complexity index is 548. The summed E-state index contributed by atoms with van der Waals surface area (Å²) in [6, 6.07) is 2.73. The Morgan fingerprint density at radius 1 is 1.35 bits per heavy atom. The van der Waals surface area contributed by atoms with Crippen molar-refractivity contribution in [2.75, 3.05) is 6.54 Å². The molecule has 110 valence electrons. The standard InChI is InChI=1S/C14H20N2O4/c1-9(2)6-11(14(19)20)7-15-13(18)10-4-5-12(17)16(3)8-10/h4-5,8-9,11H,6-7H2,1-3H3,(H,15,18)(H,19,20). The van der Waals surface area contributed by atoms with Crippen LogP contribution >= 0.6 is 0 Å². The van der Waals surface area contributed by atoms with Gasteiger partial charge in [0.2, 0.25) is 5.56 Å². The molecule has 1 heterocycles. The first kappa shape index (κ1) is 15.9. The molecule has 0 fully saturated rings. The van der Waals surface area contributed by atoms with E-state index >= 15 is 0 Å². The fraction of sp³-hybridized carbons (Fsp3) is 0.500. The third-order valence-corrected chi connectivity index (χ3v) is 2.96. The molecule has 0 saturated heterocycles. The summed E-state index contributed by atoms with van der Waals surface area (Å²) < 4.78 is 1.30. The van der Waals surface area contributed by atoms with E-state index in [1.54, 1.807) is 7.05 Å². The van der Waals surface area contributed by atoms with Gasteiger partial charge in [-0.3, -0.25) is 14.4 Å². The van der Waals surface area contributed by atoms with Crippen LogP contribution in [0.15, 0.2) is 23.1 Å². The fourth-order valence-corrected chi connectivity index (χ4v) is 1.89. The molecule has 1 rings (SSSR count). The zero-order valence-corrected chi connectivity index (χ0v) is 11.9. The molecule has 20 heavy (non-hydrogen) atoms. The summed E-state index contributed by atoms with van der Waals surface area (Å²) in [5.74, 6) is -1.66. The summed E-state index contributed by atoms with van der Waals surface area (Å²) in [7, 11) is 1.55. The molecule has 2 N–H and O–H groups in total. The van der Waals surface area contributed by atoms with Gasteiger partial charge in [0, 0.05) is 25.9 Å². The van der Waals surface area contributed by atoms with Crippen LogP contribution in [0.5, 0.6) is 0 Å². The Hall–Kier alpha value is -2.11. The van der Waals surface area contributed by atoms with Crippen molar-refractivity contribution in [1.82, 2.24) is 9.88 Å². The quantitative estimate of drug-likeness (QED) is 0.809. The molecular formula is C14H20N2O4. The van der Waals surface area contributed by atoms with Gasteiger partial charge in [-0.25, -0.2) is 0 Å². The summed E-state index contributed by atoms with van der Waals surface area (Å²) in [6.45, 7) is 3.95. The first-order valence-corrected chi connectivity index (χ1v) is 6.49. The van der Waals surface area contributed by atoms with E-state index in [2.05, 4.69) is 5.32 Å². The maximum Gasteiger partial charge on any atom is 0.308 e. The van der Waals surface area contributed by atoms with Gasteiger partial charge < -0.3 is 15.0 Å². The van der Waals surface area contributed by atoms with Gasteiger partial charge in [-0.2, -0.15) is 0 Å². The van der Waals surface area contributed by atoms with Crippen molar-refractivity contribution >= 4 is 11.9 Å². The number of carbonyl (C=O) groups excluding carboxylic acids is 1. The van der Waals surface area contributed by atoms with Crippen LogP contribution in [-0.4, -0.2) is 28.1 Å². The molecule has 0 aromatic carbocycles. The molecule has 1 unspecified atom stereocenters. The monoisotopic (exact) mass is 280 g/mol. The summed E-state index contributed by atoms with van der Waals surface area (Å²) in [6.07, 6.45) is 1.93. The third kappa shape index (κ3) is 4.53. The highest BCUT2D eigenvalue weighted by Crippen LogP contribution is 2.11. The lowest BCUT2D eigenvalue weighted by molar-refractivity contribution is -0.142. The van der Waals surface area contributed by atoms with Gasteiger partial charge in [-0.05, 0) is 18.4 Å². The van der Waals surface area contributed by atoms with Gasteiger partial charge in [0.15, 0.2) is 0 Å². The second-order valence-electron chi connectivity index (χ2n) is 5.24. The molecule has 0 spiro atoms. The van der Waals surface area contributed by atoms with E-state index in [0.29, 0.717) is 12.0 Å². The summed E-state index contributed by atoms with van der Waals surface area (Å²) >= 11 is 0. The Morgan fingerprint density at radius 3 is 2.50 bits per heavy atom. The van der Waals surface area contributed by atoms with Gasteiger partial charge in [0.25, 0.3) is 5.91 Å². The molecular weight excluding hydrogens is 260 g/mol. The second-order valence-corrected chi connectivity index (χ2v) is 5.24. The number of pyridine rings is 1. The van der Waals surface area contributed by atoms with Crippen molar-refractivity contribution in [3.63, 3.8) is 0 Å². The topological polar surface area (TPSA) is 88.4 Å². The Kier molecular flexibility index (Phi) is 5.49. The van der Waals surface area contributed by atoms with Gasteiger partial charge in [0.05, 0.1) is 11.5 Å². The maximum absolute atomic E-state index is 11.9. The zero-order chi connectivity index (χ0) is 15.3. The third-order valence-electron chi connectivity index (χ3n) is 2.96. The first-order chi connectivity index (χ1) is 9.31.